The first-order valence-electron chi connectivity index (χ1n) is 10.3. The standard InChI is InChI=1S/C17H45ClO4Si5/c1-14-16(3)26(18,17(4)15-2)22-27(19-23(5,6)7,20-24(8,9)10)21-25(11,12)13/h16-17H,14-15H2,1-13H3. The zero-order chi connectivity index (χ0) is 21.9. The second-order valence-corrected chi connectivity index (χ2v) is 32.6. The molecule has 0 saturated heterocycles. The molecule has 0 aliphatic heterocycles. The van der Waals surface area contributed by atoms with Gasteiger partial charge in [-0.1, -0.05) is 40.5 Å². The Bertz CT molecular complexity index is 409. The van der Waals surface area contributed by atoms with E-state index in [-0.39, 0.29) is 0 Å². The van der Waals surface area contributed by atoms with Crippen LogP contribution in [0.5, 0.6) is 0 Å². The third kappa shape index (κ3) is 10.2. The lowest BCUT2D eigenvalue weighted by Gasteiger charge is -2.46. The van der Waals surface area contributed by atoms with E-state index < -0.39 is 41.6 Å². The Morgan fingerprint density at radius 2 is 0.852 bits per heavy atom. The maximum Gasteiger partial charge on any atom is 0.637 e. The minimum absolute atomic E-state index is 0.293. The van der Waals surface area contributed by atoms with Crippen LogP contribution < -0.4 is 0 Å². The average Bonchev–Trinajstić information content (AvgIpc) is 2.38. The fraction of sp³-hybridized carbons (Fsp3) is 1.00. The monoisotopic (exact) mass is 488 g/mol. The second-order valence-electron chi connectivity index (χ2n) is 10.6. The van der Waals surface area contributed by atoms with Gasteiger partial charge in [-0.2, -0.15) is 0 Å². The molecule has 0 aromatic rings. The van der Waals surface area contributed by atoms with Crippen LogP contribution in [0.2, 0.25) is 70.0 Å². The molecule has 2 atom stereocenters. The number of rotatable bonds is 12. The van der Waals surface area contributed by atoms with Crippen LogP contribution in [0, 0.1) is 0 Å². The smallest absolute Gasteiger partial charge is 0.396 e. The second kappa shape index (κ2) is 10.0. The lowest BCUT2D eigenvalue weighted by atomic mass is 10.4. The van der Waals surface area contributed by atoms with Gasteiger partial charge in [0, 0.05) is 0 Å². The molecule has 0 spiro atoms. The zero-order valence-corrected chi connectivity index (χ0v) is 25.8. The lowest BCUT2D eigenvalue weighted by Crippen LogP contribution is -2.66. The third-order valence-electron chi connectivity index (χ3n) is 4.14. The molecule has 0 N–H and O–H groups in total. The van der Waals surface area contributed by atoms with E-state index in [1.807, 2.05) is 0 Å². The summed E-state index contributed by atoms with van der Waals surface area (Å²) in [6.07, 6.45) is 1.97. The minimum Gasteiger partial charge on any atom is -0.396 e. The van der Waals surface area contributed by atoms with Crippen molar-refractivity contribution in [1.82, 2.24) is 0 Å². The Kier molecular flexibility index (Phi) is 10.5. The molecule has 0 saturated carbocycles. The summed E-state index contributed by atoms with van der Waals surface area (Å²) in [5.41, 5.74) is 0.586. The molecular formula is C17H45ClO4Si5. The molecule has 27 heavy (non-hydrogen) atoms. The van der Waals surface area contributed by atoms with Gasteiger partial charge in [0.1, 0.15) is 0 Å². The number of hydrogen-bond donors (Lipinski definition) is 0. The SMILES string of the molecule is CCC(C)[Si](Cl)(O[Si](O[Si](C)(C)C)(O[Si](C)(C)C)O[Si](C)(C)C)C(C)CC. The van der Waals surface area contributed by atoms with Gasteiger partial charge in [0.05, 0.1) is 0 Å². The third-order valence-corrected chi connectivity index (χ3v) is 23.2. The molecule has 164 valence electrons. The molecule has 0 amide bonds. The van der Waals surface area contributed by atoms with Gasteiger partial charge in [0.25, 0.3) is 7.63 Å². The van der Waals surface area contributed by atoms with E-state index in [1.54, 1.807) is 0 Å². The molecule has 0 rings (SSSR count). The Morgan fingerprint density at radius 3 is 1.04 bits per heavy atom. The first-order valence-corrected chi connectivity index (χ1v) is 25.2. The van der Waals surface area contributed by atoms with E-state index in [0.717, 1.165) is 12.8 Å². The maximum atomic E-state index is 7.37. The predicted octanol–water partition coefficient (Wildman–Crippen LogP) is 7.27. The van der Waals surface area contributed by atoms with Crippen molar-refractivity contribution in [1.29, 1.82) is 0 Å². The van der Waals surface area contributed by atoms with E-state index in [1.165, 1.54) is 0 Å². The minimum atomic E-state index is -3.38. The van der Waals surface area contributed by atoms with Gasteiger partial charge in [-0.3, -0.25) is 0 Å². The van der Waals surface area contributed by atoms with E-state index in [0.29, 0.717) is 11.1 Å². The first-order chi connectivity index (χ1) is 11.8. The summed E-state index contributed by atoms with van der Waals surface area (Å²) in [5, 5.41) is 0. The zero-order valence-electron chi connectivity index (χ0n) is 20.1. The van der Waals surface area contributed by atoms with Crippen LogP contribution in [-0.2, 0) is 16.5 Å². The Balaban J connectivity index is 6.38. The van der Waals surface area contributed by atoms with Crippen molar-refractivity contribution >= 4 is 52.7 Å². The highest BCUT2D eigenvalue weighted by molar-refractivity contribution is 7.20. The van der Waals surface area contributed by atoms with Gasteiger partial charge in [-0.15, -0.1) is 11.1 Å². The quantitative estimate of drug-likeness (QED) is 0.213. The summed E-state index contributed by atoms with van der Waals surface area (Å²) < 4.78 is 27.0. The molecule has 0 radical (unpaired) electrons. The molecule has 0 bridgehead atoms. The molecule has 4 nitrogen and oxygen atoms in total. The van der Waals surface area contributed by atoms with Crippen LogP contribution in [0.15, 0.2) is 0 Å². The highest BCUT2D eigenvalue weighted by Gasteiger charge is 2.60. The molecule has 0 aromatic heterocycles. The maximum absolute atomic E-state index is 7.37. The molecule has 10 heteroatoms. The van der Waals surface area contributed by atoms with Crippen LogP contribution in [0.4, 0.5) is 0 Å². The van der Waals surface area contributed by atoms with E-state index in [2.05, 4.69) is 86.6 Å². The first kappa shape index (κ1) is 28.2. The summed E-state index contributed by atoms with van der Waals surface area (Å²) in [4.78, 5) is 0. The fourth-order valence-electron chi connectivity index (χ4n) is 2.69. The number of hydrogen-bond acceptors (Lipinski definition) is 4. The van der Waals surface area contributed by atoms with E-state index in [9.17, 15) is 0 Å². The fourth-order valence-corrected chi connectivity index (χ4v) is 21.9. The largest absolute Gasteiger partial charge is 0.637 e. The van der Waals surface area contributed by atoms with Crippen molar-refractivity contribution in [3.05, 3.63) is 0 Å². The highest BCUT2D eigenvalue weighted by atomic mass is 35.6. The van der Waals surface area contributed by atoms with Crippen molar-refractivity contribution in [3.8, 4) is 0 Å². The van der Waals surface area contributed by atoms with Crippen LogP contribution in [0.1, 0.15) is 40.5 Å². The van der Waals surface area contributed by atoms with Crippen molar-refractivity contribution in [2.75, 3.05) is 0 Å². The van der Waals surface area contributed by atoms with Crippen LogP contribution in [0.25, 0.3) is 0 Å². The molecule has 0 aliphatic rings. The molecule has 0 fully saturated rings. The van der Waals surface area contributed by atoms with Crippen molar-refractivity contribution < 1.29 is 16.5 Å². The van der Waals surface area contributed by atoms with Gasteiger partial charge < -0.3 is 16.5 Å². The van der Waals surface area contributed by atoms with Crippen LogP contribution in [-0.4, -0.2) is 41.6 Å². The highest BCUT2D eigenvalue weighted by Crippen LogP contribution is 2.44. The molecule has 0 aromatic carbocycles. The average molecular weight is 489 g/mol. The molecule has 2 unspecified atom stereocenters. The summed E-state index contributed by atoms with van der Waals surface area (Å²) in [7, 11) is -12.0. The van der Waals surface area contributed by atoms with Gasteiger partial charge in [0.2, 0.25) is 0 Å². The Morgan fingerprint density at radius 1 is 0.593 bits per heavy atom. The summed E-state index contributed by atoms with van der Waals surface area (Å²) in [5.74, 6) is 0. The topological polar surface area (TPSA) is 36.9 Å². The van der Waals surface area contributed by atoms with Gasteiger partial charge >= 0.3 is 9.05 Å². The predicted molar refractivity (Wildman–Crippen MR) is 131 cm³/mol. The number of halogens is 1. The van der Waals surface area contributed by atoms with E-state index >= 15 is 0 Å². The van der Waals surface area contributed by atoms with Gasteiger partial charge in [-0.05, 0) is 70.0 Å². The Labute approximate surface area is 179 Å². The molecular weight excluding hydrogens is 444 g/mol. The summed E-state index contributed by atoms with van der Waals surface area (Å²) >= 11 is 7.37. The summed E-state index contributed by atoms with van der Waals surface area (Å²) in [6.45, 7) is 28.3. The van der Waals surface area contributed by atoms with E-state index in [4.69, 9.17) is 27.5 Å². The normalized spacial score (nSPS) is 18.9. The van der Waals surface area contributed by atoms with Gasteiger partial charge in [0.15, 0.2) is 25.0 Å². The molecule has 0 heterocycles. The van der Waals surface area contributed by atoms with Crippen molar-refractivity contribution in [2.24, 2.45) is 0 Å². The van der Waals surface area contributed by atoms with Gasteiger partial charge in [-0.25, -0.2) is 0 Å². The van der Waals surface area contributed by atoms with Crippen LogP contribution >= 0.6 is 11.1 Å². The van der Waals surface area contributed by atoms with Crippen LogP contribution in [0.3, 0.4) is 0 Å². The molecule has 0 aliphatic carbocycles. The lowest BCUT2D eigenvalue weighted by molar-refractivity contribution is 0.146. The summed E-state index contributed by atoms with van der Waals surface area (Å²) in [6, 6.07) is 0. The Hall–Kier alpha value is 1.21. The van der Waals surface area contributed by atoms with Crippen molar-refractivity contribution in [3.63, 3.8) is 0 Å². The van der Waals surface area contributed by atoms with Crippen molar-refractivity contribution in [2.45, 2.75) is 111 Å².